The first-order valence-corrected chi connectivity index (χ1v) is 7.16. The minimum Gasteiger partial charge on any atom is -0.351 e. The van der Waals surface area contributed by atoms with Crippen molar-refractivity contribution in [2.24, 2.45) is 5.92 Å². The standard InChI is InChI=1S/C13H21N3OS/c1-9-7-14-12(18-9)16-6-5-10(8-16)11(17)15-13(2,3)4/h7,10H,5-6,8H2,1-4H3,(H,15,17). The van der Waals surface area contributed by atoms with Crippen LogP contribution in [0.25, 0.3) is 0 Å². The number of nitrogens with zero attached hydrogens (tertiary/aromatic N) is 2. The molecule has 1 fully saturated rings. The number of amides is 1. The van der Waals surface area contributed by atoms with Crippen LogP contribution in [-0.2, 0) is 4.79 Å². The molecule has 0 spiro atoms. The van der Waals surface area contributed by atoms with Crippen LogP contribution in [0.1, 0.15) is 32.1 Å². The summed E-state index contributed by atoms with van der Waals surface area (Å²) in [6.45, 7) is 9.82. The van der Waals surface area contributed by atoms with Crippen molar-refractivity contribution in [3.63, 3.8) is 0 Å². The number of thiazole rings is 1. The van der Waals surface area contributed by atoms with Gasteiger partial charge >= 0.3 is 0 Å². The Labute approximate surface area is 112 Å². The molecule has 5 heteroatoms. The zero-order valence-corrected chi connectivity index (χ0v) is 12.3. The molecule has 0 aromatic carbocycles. The van der Waals surface area contributed by atoms with E-state index in [4.69, 9.17) is 0 Å². The molecule has 18 heavy (non-hydrogen) atoms. The smallest absolute Gasteiger partial charge is 0.225 e. The zero-order chi connectivity index (χ0) is 13.3. The predicted octanol–water partition coefficient (Wildman–Crippen LogP) is 2.19. The molecule has 1 atom stereocenters. The van der Waals surface area contributed by atoms with E-state index in [1.165, 1.54) is 4.88 Å². The molecule has 1 aliphatic heterocycles. The molecule has 2 rings (SSSR count). The van der Waals surface area contributed by atoms with Gasteiger partial charge in [-0.25, -0.2) is 4.98 Å². The number of anilines is 1. The average Bonchev–Trinajstić information content (AvgIpc) is 2.82. The molecular weight excluding hydrogens is 246 g/mol. The van der Waals surface area contributed by atoms with E-state index in [1.54, 1.807) is 11.3 Å². The van der Waals surface area contributed by atoms with Gasteiger partial charge in [-0.15, -0.1) is 11.3 Å². The monoisotopic (exact) mass is 267 g/mol. The molecule has 1 aromatic rings. The molecule has 1 aromatic heterocycles. The molecule has 1 aliphatic rings. The molecule has 0 saturated carbocycles. The lowest BCUT2D eigenvalue weighted by Gasteiger charge is -2.23. The van der Waals surface area contributed by atoms with Gasteiger partial charge < -0.3 is 10.2 Å². The number of nitrogens with one attached hydrogen (secondary N) is 1. The maximum Gasteiger partial charge on any atom is 0.225 e. The van der Waals surface area contributed by atoms with E-state index < -0.39 is 0 Å². The van der Waals surface area contributed by atoms with Crippen molar-refractivity contribution in [2.75, 3.05) is 18.0 Å². The van der Waals surface area contributed by atoms with Crippen LogP contribution in [0, 0.1) is 12.8 Å². The van der Waals surface area contributed by atoms with Crippen molar-refractivity contribution in [1.82, 2.24) is 10.3 Å². The molecule has 2 heterocycles. The Morgan fingerprint density at radius 2 is 2.28 bits per heavy atom. The molecule has 0 bridgehead atoms. The number of hydrogen-bond donors (Lipinski definition) is 1. The van der Waals surface area contributed by atoms with Gasteiger partial charge in [-0.3, -0.25) is 4.79 Å². The van der Waals surface area contributed by atoms with Crippen molar-refractivity contribution in [3.8, 4) is 0 Å². The highest BCUT2D eigenvalue weighted by Gasteiger charge is 2.31. The first-order chi connectivity index (χ1) is 8.35. The van der Waals surface area contributed by atoms with Gasteiger partial charge in [-0.1, -0.05) is 0 Å². The lowest BCUT2D eigenvalue weighted by molar-refractivity contribution is -0.125. The molecule has 1 unspecified atom stereocenters. The zero-order valence-electron chi connectivity index (χ0n) is 11.5. The Hall–Kier alpha value is -1.10. The molecule has 1 saturated heterocycles. The van der Waals surface area contributed by atoms with E-state index in [1.807, 2.05) is 27.0 Å². The second kappa shape index (κ2) is 4.88. The van der Waals surface area contributed by atoms with Crippen LogP contribution in [-0.4, -0.2) is 29.5 Å². The van der Waals surface area contributed by atoms with Crippen molar-refractivity contribution < 1.29 is 4.79 Å². The highest BCUT2D eigenvalue weighted by Crippen LogP contribution is 2.27. The van der Waals surface area contributed by atoms with Gasteiger partial charge in [0.15, 0.2) is 5.13 Å². The highest BCUT2D eigenvalue weighted by atomic mass is 32.1. The number of aryl methyl sites for hydroxylation is 1. The Bertz CT molecular complexity index is 436. The summed E-state index contributed by atoms with van der Waals surface area (Å²) in [5.74, 6) is 0.256. The summed E-state index contributed by atoms with van der Waals surface area (Å²) < 4.78 is 0. The lowest BCUT2D eigenvalue weighted by atomic mass is 10.0. The summed E-state index contributed by atoms with van der Waals surface area (Å²) in [7, 11) is 0. The Kier molecular flexibility index (Phi) is 3.61. The third kappa shape index (κ3) is 3.22. The van der Waals surface area contributed by atoms with Gasteiger partial charge in [-0.2, -0.15) is 0 Å². The molecule has 100 valence electrons. The maximum atomic E-state index is 12.1. The second-order valence-corrected chi connectivity index (χ2v) is 7.14. The van der Waals surface area contributed by atoms with Crippen LogP contribution >= 0.6 is 11.3 Å². The Balaban J connectivity index is 1.94. The van der Waals surface area contributed by atoms with E-state index in [2.05, 4.69) is 22.1 Å². The lowest BCUT2D eigenvalue weighted by Crippen LogP contribution is -2.44. The van der Waals surface area contributed by atoms with Crippen LogP contribution in [0.2, 0.25) is 0 Å². The third-order valence-corrected chi connectivity index (χ3v) is 3.91. The minimum atomic E-state index is -0.151. The number of rotatable bonds is 2. The van der Waals surface area contributed by atoms with E-state index >= 15 is 0 Å². The number of carbonyl (C=O) groups excluding carboxylic acids is 1. The van der Waals surface area contributed by atoms with Gasteiger partial charge in [0.25, 0.3) is 0 Å². The van der Waals surface area contributed by atoms with Crippen LogP contribution in [0.3, 0.4) is 0 Å². The number of carbonyl (C=O) groups is 1. The molecule has 1 N–H and O–H groups in total. The van der Waals surface area contributed by atoms with Gasteiger partial charge in [-0.05, 0) is 34.1 Å². The summed E-state index contributed by atoms with van der Waals surface area (Å²) >= 11 is 1.70. The van der Waals surface area contributed by atoms with E-state index in [0.29, 0.717) is 0 Å². The summed E-state index contributed by atoms with van der Waals surface area (Å²) in [5, 5.41) is 4.10. The van der Waals surface area contributed by atoms with Crippen molar-refractivity contribution in [1.29, 1.82) is 0 Å². The maximum absolute atomic E-state index is 12.1. The second-order valence-electron chi connectivity index (χ2n) is 5.92. The molecule has 4 nitrogen and oxygen atoms in total. The fourth-order valence-electron chi connectivity index (χ4n) is 2.11. The van der Waals surface area contributed by atoms with E-state index in [0.717, 1.165) is 24.6 Å². The first-order valence-electron chi connectivity index (χ1n) is 6.34. The summed E-state index contributed by atoms with van der Waals surface area (Å²) in [4.78, 5) is 19.9. The van der Waals surface area contributed by atoms with Crippen LogP contribution in [0.15, 0.2) is 6.20 Å². The van der Waals surface area contributed by atoms with Gasteiger partial charge in [0.2, 0.25) is 5.91 Å². The Morgan fingerprint density at radius 3 is 2.83 bits per heavy atom. The SMILES string of the molecule is Cc1cnc(N2CCC(C(=O)NC(C)(C)C)C2)s1. The molecular formula is C13H21N3OS. The minimum absolute atomic E-state index is 0.0911. The van der Waals surface area contributed by atoms with Crippen molar-refractivity contribution in [2.45, 2.75) is 39.7 Å². The number of aromatic nitrogens is 1. The summed E-state index contributed by atoms with van der Waals surface area (Å²) in [5.41, 5.74) is -0.151. The average molecular weight is 267 g/mol. The Morgan fingerprint density at radius 1 is 1.56 bits per heavy atom. The van der Waals surface area contributed by atoms with E-state index in [9.17, 15) is 4.79 Å². The van der Waals surface area contributed by atoms with Gasteiger partial charge in [0.1, 0.15) is 0 Å². The van der Waals surface area contributed by atoms with Gasteiger partial charge in [0, 0.05) is 29.7 Å². The fourth-order valence-corrected chi connectivity index (χ4v) is 2.90. The van der Waals surface area contributed by atoms with Crippen LogP contribution in [0.5, 0.6) is 0 Å². The van der Waals surface area contributed by atoms with Gasteiger partial charge in [0.05, 0.1) is 5.92 Å². The fraction of sp³-hybridized carbons (Fsp3) is 0.692. The van der Waals surface area contributed by atoms with Crippen LogP contribution < -0.4 is 10.2 Å². The molecule has 0 radical (unpaired) electrons. The predicted molar refractivity (Wildman–Crippen MR) is 75.1 cm³/mol. The summed E-state index contributed by atoms with van der Waals surface area (Å²) in [6, 6.07) is 0. The van der Waals surface area contributed by atoms with Crippen molar-refractivity contribution >= 4 is 22.4 Å². The topological polar surface area (TPSA) is 45.2 Å². The first kappa shape index (κ1) is 13.3. The molecule has 0 aliphatic carbocycles. The van der Waals surface area contributed by atoms with Crippen molar-refractivity contribution in [3.05, 3.63) is 11.1 Å². The third-order valence-electron chi connectivity index (χ3n) is 2.94. The molecule has 1 amide bonds. The largest absolute Gasteiger partial charge is 0.351 e. The number of hydrogen-bond acceptors (Lipinski definition) is 4. The summed E-state index contributed by atoms with van der Waals surface area (Å²) in [6.07, 6.45) is 2.81. The quantitative estimate of drug-likeness (QED) is 0.893. The van der Waals surface area contributed by atoms with E-state index in [-0.39, 0.29) is 17.4 Å². The van der Waals surface area contributed by atoms with Crippen LogP contribution in [0.4, 0.5) is 5.13 Å². The highest BCUT2D eigenvalue weighted by molar-refractivity contribution is 7.15. The normalized spacial score (nSPS) is 20.2.